The molecule has 32 heavy (non-hydrogen) atoms. The standard InChI is InChI=1S/C23H30F3N5O/c1-22(2,3)30-15-5-7-16(8-6-15)31-11-10-19(21(31)32)29-20-17-12-14(23(24,25)26)4-9-18(17)27-13-28-20/h4,9,12-13,15-16,19,30H,5-8,10-11H2,1-3H3,(H,27,28,29)/t15-,16+,19?. The molecule has 2 heterocycles. The Morgan fingerprint density at radius 1 is 1.03 bits per heavy atom. The number of aromatic nitrogens is 2. The fourth-order valence-corrected chi connectivity index (χ4v) is 4.86. The first-order valence-corrected chi connectivity index (χ1v) is 11.2. The second kappa shape index (κ2) is 8.50. The number of amides is 1. The number of hydrogen-bond donors (Lipinski definition) is 2. The number of nitrogens with one attached hydrogen (secondary N) is 2. The van der Waals surface area contributed by atoms with E-state index >= 15 is 0 Å². The lowest BCUT2D eigenvalue weighted by Crippen LogP contribution is -2.49. The summed E-state index contributed by atoms with van der Waals surface area (Å²) in [5, 5.41) is 7.01. The van der Waals surface area contributed by atoms with Gasteiger partial charge in [0.2, 0.25) is 5.91 Å². The first kappa shape index (κ1) is 22.8. The molecule has 1 aliphatic carbocycles. The summed E-state index contributed by atoms with van der Waals surface area (Å²) < 4.78 is 39.5. The van der Waals surface area contributed by atoms with E-state index in [-0.39, 0.29) is 28.7 Å². The summed E-state index contributed by atoms with van der Waals surface area (Å²) in [6.45, 7) is 7.13. The van der Waals surface area contributed by atoms with Crippen LogP contribution in [0.25, 0.3) is 10.9 Å². The van der Waals surface area contributed by atoms with E-state index in [9.17, 15) is 18.0 Å². The molecule has 0 spiro atoms. The Morgan fingerprint density at radius 3 is 2.41 bits per heavy atom. The van der Waals surface area contributed by atoms with Crippen LogP contribution in [0.15, 0.2) is 24.5 Å². The zero-order valence-corrected chi connectivity index (χ0v) is 18.7. The number of rotatable bonds is 4. The number of hydrogen-bond acceptors (Lipinski definition) is 5. The lowest BCUT2D eigenvalue weighted by atomic mass is 9.89. The van der Waals surface area contributed by atoms with Gasteiger partial charge in [-0.15, -0.1) is 0 Å². The maximum Gasteiger partial charge on any atom is 0.416 e. The maximum absolute atomic E-state index is 13.2. The molecule has 1 amide bonds. The van der Waals surface area contributed by atoms with Crippen molar-refractivity contribution in [3.05, 3.63) is 30.1 Å². The molecule has 1 saturated carbocycles. The van der Waals surface area contributed by atoms with E-state index in [2.05, 4.69) is 41.4 Å². The van der Waals surface area contributed by atoms with Gasteiger partial charge in [-0.05, 0) is 71.1 Å². The molecule has 0 radical (unpaired) electrons. The van der Waals surface area contributed by atoms with Crippen LogP contribution in [0.3, 0.4) is 0 Å². The Bertz CT molecular complexity index is 980. The quantitative estimate of drug-likeness (QED) is 0.726. The van der Waals surface area contributed by atoms with Gasteiger partial charge in [-0.3, -0.25) is 4.79 Å². The lowest BCUT2D eigenvalue weighted by molar-refractivity contribution is -0.137. The van der Waals surface area contributed by atoms with E-state index < -0.39 is 17.8 Å². The molecular weight excluding hydrogens is 419 g/mol. The van der Waals surface area contributed by atoms with E-state index in [1.54, 1.807) is 0 Å². The van der Waals surface area contributed by atoms with Crippen molar-refractivity contribution >= 4 is 22.6 Å². The van der Waals surface area contributed by atoms with Crippen molar-refractivity contribution in [1.29, 1.82) is 0 Å². The Morgan fingerprint density at radius 2 is 1.75 bits per heavy atom. The van der Waals surface area contributed by atoms with Crippen molar-refractivity contribution in [2.45, 2.75) is 82.7 Å². The van der Waals surface area contributed by atoms with E-state index in [1.165, 1.54) is 12.4 Å². The van der Waals surface area contributed by atoms with Crippen LogP contribution in [-0.2, 0) is 11.0 Å². The summed E-state index contributed by atoms with van der Waals surface area (Å²) in [7, 11) is 0. The van der Waals surface area contributed by atoms with Gasteiger partial charge in [0.15, 0.2) is 0 Å². The molecule has 1 aromatic heterocycles. The average Bonchev–Trinajstić information content (AvgIpc) is 3.07. The van der Waals surface area contributed by atoms with Gasteiger partial charge in [-0.2, -0.15) is 13.2 Å². The predicted molar refractivity (Wildman–Crippen MR) is 117 cm³/mol. The van der Waals surface area contributed by atoms with Gasteiger partial charge in [0.25, 0.3) is 0 Å². The third-order valence-electron chi connectivity index (χ3n) is 6.29. The Labute approximate surface area is 186 Å². The third kappa shape index (κ3) is 4.98. The lowest BCUT2D eigenvalue weighted by Gasteiger charge is -2.37. The Balaban J connectivity index is 1.44. The van der Waals surface area contributed by atoms with Gasteiger partial charge in [0.1, 0.15) is 18.2 Å². The molecule has 4 rings (SSSR count). The van der Waals surface area contributed by atoms with Gasteiger partial charge in [-0.1, -0.05) is 0 Å². The second-order valence-electron chi connectivity index (χ2n) is 9.87. The molecule has 2 fully saturated rings. The highest BCUT2D eigenvalue weighted by molar-refractivity contribution is 5.93. The average molecular weight is 450 g/mol. The highest BCUT2D eigenvalue weighted by Crippen LogP contribution is 2.33. The number of carbonyl (C=O) groups excluding carboxylic acids is 1. The molecule has 174 valence electrons. The number of carbonyl (C=O) groups is 1. The fourth-order valence-electron chi connectivity index (χ4n) is 4.86. The molecule has 2 aromatic rings. The summed E-state index contributed by atoms with van der Waals surface area (Å²) in [6.07, 6.45) is 1.42. The molecule has 1 unspecified atom stereocenters. The van der Waals surface area contributed by atoms with Crippen molar-refractivity contribution in [2.75, 3.05) is 11.9 Å². The maximum atomic E-state index is 13.2. The molecule has 0 bridgehead atoms. The van der Waals surface area contributed by atoms with Gasteiger partial charge in [0, 0.05) is 29.6 Å². The van der Waals surface area contributed by atoms with E-state index in [1.807, 2.05) is 4.90 Å². The fraction of sp³-hybridized carbons (Fsp3) is 0.609. The van der Waals surface area contributed by atoms with Crippen molar-refractivity contribution in [1.82, 2.24) is 20.2 Å². The van der Waals surface area contributed by atoms with E-state index in [4.69, 9.17) is 0 Å². The van der Waals surface area contributed by atoms with Crippen LogP contribution in [0, 0.1) is 0 Å². The van der Waals surface area contributed by atoms with Crippen molar-refractivity contribution in [3.63, 3.8) is 0 Å². The molecule has 2 aliphatic rings. The normalized spacial score (nSPS) is 24.9. The smallest absolute Gasteiger partial charge is 0.358 e. The largest absolute Gasteiger partial charge is 0.416 e. The van der Waals surface area contributed by atoms with E-state index in [0.717, 1.165) is 37.8 Å². The van der Waals surface area contributed by atoms with Crippen LogP contribution in [0.5, 0.6) is 0 Å². The Kier molecular flexibility index (Phi) is 6.04. The first-order valence-electron chi connectivity index (χ1n) is 11.2. The van der Waals surface area contributed by atoms with Gasteiger partial charge >= 0.3 is 6.18 Å². The molecular formula is C23H30F3N5O. The molecule has 1 aromatic carbocycles. The van der Waals surface area contributed by atoms with Gasteiger partial charge in [-0.25, -0.2) is 9.97 Å². The van der Waals surface area contributed by atoms with Crippen LogP contribution in [0.2, 0.25) is 0 Å². The minimum Gasteiger partial charge on any atom is -0.358 e. The molecule has 2 N–H and O–H groups in total. The summed E-state index contributed by atoms with van der Waals surface area (Å²) >= 11 is 0. The third-order valence-corrected chi connectivity index (χ3v) is 6.29. The van der Waals surface area contributed by atoms with Crippen LogP contribution in [0.1, 0.15) is 58.4 Å². The van der Waals surface area contributed by atoms with Crippen LogP contribution < -0.4 is 10.6 Å². The second-order valence-corrected chi connectivity index (χ2v) is 9.87. The van der Waals surface area contributed by atoms with Crippen molar-refractivity contribution < 1.29 is 18.0 Å². The highest BCUT2D eigenvalue weighted by Gasteiger charge is 2.38. The molecule has 9 heteroatoms. The minimum atomic E-state index is -4.46. The highest BCUT2D eigenvalue weighted by atomic mass is 19.4. The summed E-state index contributed by atoms with van der Waals surface area (Å²) in [6, 6.07) is 3.57. The number of alkyl halides is 3. The number of anilines is 1. The molecule has 6 nitrogen and oxygen atoms in total. The Hall–Kier alpha value is -2.42. The minimum absolute atomic E-state index is 0.00373. The number of nitrogens with zero attached hydrogens (tertiary/aromatic N) is 3. The predicted octanol–water partition coefficient (Wildman–Crippen LogP) is 4.36. The zero-order chi connectivity index (χ0) is 23.1. The summed E-state index contributed by atoms with van der Waals surface area (Å²) in [5.74, 6) is 0.260. The number of fused-ring (bicyclic) bond motifs is 1. The van der Waals surface area contributed by atoms with Gasteiger partial charge < -0.3 is 15.5 Å². The van der Waals surface area contributed by atoms with Crippen LogP contribution in [0.4, 0.5) is 19.0 Å². The topological polar surface area (TPSA) is 70.2 Å². The number of benzene rings is 1. The van der Waals surface area contributed by atoms with Crippen molar-refractivity contribution in [3.8, 4) is 0 Å². The van der Waals surface area contributed by atoms with E-state index in [0.29, 0.717) is 24.5 Å². The first-order chi connectivity index (χ1) is 15.0. The van der Waals surface area contributed by atoms with Gasteiger partial charge in [0.05, 0.1) is 11.1 Å². The van der Waals surface area contributed by atoms with Crippen LogP contribution in [-0.4, -0.2) is 51.0 Å². The molecule has 1 saturated heterocycles. The number of halogens is 3. The summed E-state index contributed by atoms with van der Waals surface area (Å²) in [4.78, 5) is 23.2. The molecule has 1 atom stereocenters. The summed E-state index contributed by atoms with van der Waals surface area (Å²) in [5.41, 5.74) is -0.284. The zero-order valence-electron chi connectivity index (χ0n) is 18.7. The monoisotopic (exact) mass is 449 g/mol. The number of likely N-dealkylation sites (tertiary alicyclic amines) is 1. The molecule has 1 aliphatic heterocycles. The van der Waals surface area contributed by atoms with Crippen LogP contribution >= 0.6 is 0 Å². The van der Waals surface area contributed by atoms with Crippen molar-refractivity contribution in [2.24, 2.45) is 0 Å². The SMILES string of the molecule is CC(C)(C)N[C@H]1CC[C@@H](N2CCC(Nc3ncnc4ccc(C(F)(F)F)cc34)C2=O)CC1.